The highest BCUT2D eigenvalue weighted by Crippen LogP contribution is 2.15. The third-order valence-corrected chi connectivity index (χ3v) is 1.91. The Morgan fingerprint density at radius 1 is 1.08 bits per heavy atom. The van der Waals surface area contributed by atoms with Crippen LogP contribution in [0.1, 0.15) is 23.6 Å². The van der Waals surface area contributed by atoms with E-state index in [9.17, 15) is 0 Å². The van der Waals surface area contributed by atoms with Gasteiger partial charge in [0.2, 0.25) is 0 Å². The fraction of sp³-hybridized carbons (Fsp3) is 0.0769. The van der Waals surface area contributed by atoms with E-state index in [0.717, 1.165) is 11.1 Å². The first-order valence-corrected chi connectivity index (χ1v) is 4.33. The summed E-state index contributed by atoms with van der Waals surface area (Å²) in [5, 5.41) is 0. The van der Waals surface area contributed by atoms with E-state index in [-0.39, 0.29) is 0 Å². The summed E-state index contributed by atoms with van der Waals surface area (Å²) in [6.45, 7) is 9.51. The SMILES string of the molecule is C=Cc1ccc(C=C)c(/C=C\C)c1. The van der Waals surface area contributed by atoms with Crippen LogP contribution in [-0.2, 0) is 0 Å². The van der Waals surface area contributed by atoms with Gasteiger partial charge in [-0.25, -0.2) is 0 Å². The fourth-order valence-corrected chi connectivity index (χ4v) is 1.23. The lowest BCUT2D eigenvalue weighted by Crippen LogP contribution is -1.81. The molecule has 0 radical (unpaired) electrons. The van der Waals surface area contributed by atoms with Crippen molar-refractivity contribution in [2.45, 2.75) is 6.92 Å². The van der Waals surface area contributed by atoms with Crippen LogP contribution in [-0.4, -0.2) is 0 Å². The molecule has 0 saturated carbocycles. The Labute approximate surface area is 79.9 Å². The van der Waals surface area contributed by atoms with E-state index in [4.69, 9.17) is 0 Å². The van der Waals surface area contributed by atoms with E-state index in [2.05, 4.69) is 31.4 Å². The number of hydrogen-bond donors (Lipinski definition) is 0. The monoisotopic (exact) mass is 170 g/mol. The summed E-state index contributed by atoms with van der Waals surface area (Å²) in [4.78, 5) is 0. The summed E-state index contributed by atoms with van der Waals surface area (Å²) in [5.74, 6) is 0. The van der Waals surface area contributed by atoms with Crippen LogP contribution < -0.4 is 0 Å². The van der Waals surface area contributed by atoms with Crippen LogP contribution in [0.25, 0.3) is 18.2 Å². The average Bonchev–Trinajstić information content (AvgIpc) is 2.18. The molecule has 13 heavy (non-hydrogen) atoms. The normalized spacial score (nSPS) is 10.2. The highest BCUT2D eigenvalue weighted by Gasteiger charge is 1.95. The molecule has 1 aromatic rings. The van der Waals surface area contributed by atoms with Crippen molar-refractivity contribution < 1.29 is 0 Å². The summed E-state index contributed by atoms with van der Waals surface area (Å²) >= 11 is 0. The highest BCUT2D eigenvalue weighted by molar-refractivity contribution is 5.67. The first kappa shape index (κ1) is 9.53. The lowest BCUT2D eigenvalue weighted by atomic mass is 10.0. The summed E-state index contributed by atoms with van der Waals surface area (Å²) < 4.78 is 0. The zero-order valence-corrected chi connectivity index (χ0v) is 7.96. The van der Waals surface area contributed by atoms with Crippen molar-refractivity contribution in [3.8, 4) is 0 Å². The van der Waals surface area contributed by atoms with Gasteiger partial charge in [0.15, 0.2) is 0 Å². The Hall–Kier alpha value is -1.56. The van der Waals surface area contributed by atoms with Crippen LogP contribution in [0.2, 0.25) is 0 Å². The van der Waals surface area contributed by atoms with Crippen LogP contribution in [0.5, 0.6) is 0 Å². The maximum absolute atomic E-state index is 3.77. The molecule has 0 aliphatic carbocycles. The molecule has 0 amide bonds. The van der Waals surface area contributed by atoms with Crippen molar-refractivity contribution in [3.05, 3.63) is 54.1 Å². The number of hydrogen-bond acceptors (Lipinski definition) is 0. The van der Waals surface area contributed by atoms with Crippen LogP contribution in [0.15, 0.2) is 37.4 Å². The predicted octanol–water partition coefficient (Wildman–Crippen LogP) is 4.01. The van der Waals surface area contributed by atoms with Crippen molar-refractivity contribution in [3.63, 3.8) is 0 Å². The van der Waals surface area contributed by atoms with Crippen molar-refractivity contribution in [1.82, 2.24) is 0 Å². The number of allylic oxidation sites excluding steroid dienone is 1. The molecule has 0 fully saturated rings. The summed E-state index contributed by atoms with van der Waals surface area (Å²) in [7, 11) is 0. The van der Waals surface area contributed by atoms with E-state index in [1.807, 2.05) is 31.2 Å². The molecule has 0 spiro atoms. The van der Waals surface area contributed by atoms with Crippen LogP contribution >= 0.6 is 0 Å². The van der Waals surface area contributed by atoms with Crippen molar-refractivity contribution >= 4 is 18.2 Å². The van der Waals surface area contributed by atoms with Gasteiger partial charge >= 0.3 is 0 Å². The Bertz CT molecular complexity index is 343. The minimum atomic E-state index is 1.14. The van der Waals surface area contributed by atoms with Crippen LogP contribution in [0.4, 0.5) is 0 Å². The molecule has 0 aliphatic heterocycles. The van der Waals surface area contributed by atoms with E-state index < -0.39 is 0 Å². The van der Waals surface area contributed by atoms with Crippen molar-refractivity contribution in [2.75, 3.05) is 0 Å². The second kappa shape index (κ2) is 4.46. The summed E-state index contributed by atoms with van der Waals surface area (Å²) in [6, 6.07) is 6.19. The lowest BCUT2D eigenvalue weighted by Gasteiger charge is -2.02. The first-order chi connectivity index (χ1) is 6.31. The maximum Gasteiger partial charge on any atom is -0.0182 e. The molecule has 0 atom stereocenters. The lowest BCUT2D eigenvalue weighted by molar-refractivity contribution is 1.57. The van der Waals surface area contributed by atoms with Gasteiger partial charge in [-0.15, -0.1) is 0 Å². The number of benzene rings is 1. The second-order valence-electron chi connectivity index (χ2n) is 2.80. The van der Waals surface area contributed by atoms with E-state index >= 15 is 0 Å². The minimum absolute atomic E-state index is 1.14. The van der Waals surface area contributed by atoms with E-state index in [1.54, 1.807) is 0 Å². The van der Waals surface area contributed by atoms with Gasteiger partial charge in [0, 0.05) is 0 Å². The van der Waals surface area contributed by atoms with Gasteiger partial charge in [-0.1, -0.05) is 49.6 Å². The molecule has 1 aromatic carbocycles. The predicted molar refractivity (Wildman–Crippen MR) is 61.3 cm³/mol. The van der Waals surface area contributed by atoms with Crippen molar-refractivity contribution in [2.24, 2.45) is 0 Å². The molecule has 0 unspecified atom stereocenters. The fourth-order valence-electron chi connectivity index (χ4n) is 1.23. The minimum Gasteiger partial charge on any atom is -0.0985 e. The van der Waals surface area contributed by atoms with Gasteiger partial charge in [0.25, 0.3) is 0 Å². The number of rotatable bonds is 3. The third kappa shape index (κ3) is 2.19. The topological polar surface area (TPSA) is 0 Å². The van der Waals surface area contributed by atoms with Gasteiger partial charge in [0.1, 0.15) is 0 Å². The van der Waals surface area contributed by atoms with Crippen molar-refractivity contribution in [1.29, 1.82) is 0 Å². The van der Waals surface area contributed by atoms with Gasteiger partial charge in [-0.3, -0.25) is 0 Å². The molecular weight excluding hydrogens is 156 g/mol. The molecule has 0 aliphatic rings. The average molecular weight is 170 g/mol. The Balaban J connectivity index is 3.24. The summed E-state index contributed by atoms with van der Waals surface area (Å²) in [6.07, 6.45) is 7.81. The molecule has 0 aromatic heterocycles. The molecule has 66 valence electrons. The second-order valence-corrected chi connectivity index (χ2v) is 2.80. The van der Waals surface area contributed by atoms with Gasteiger partial charge in [-0.2, -0.15) is 0 Å². The molecule has 0 nitrogen and oxygen atoms in total. The zero-order chi connectivity index (χ0) is 9.68. The van der Waals surface area contributed by atoms with Crippen LogP contribution in [0, 0.1) is 0 Å². The van der Waals surface area contributed by atoms with Gasteiger partial charge < -0.3 is 0 Å². The first-order valence-electron chi connectivity index (χ1n) is 4.33. The quantitative estimate of drug-likeness (QED) is 0.643. The van der Waals surface area contributed by atoms with E-state index in [1.165, 1.54) is 5.56 Å². The summed E-state index contributed by atoms with van der Waals surface area (Å²) in [5.41, 5.74) is 3.48. The molecule has 1 rings (SSSR count). The molecule has 0 heterocycles. The Morgan fingerprint density at radius 3 is 2.38 bits per heavy atom. The standard InChI is InChI=1S/C13H14/c1-4-7-13-10-11(5-2)8-9-12(13)6-3/h4-10H,2-3H2,1H3/b7-4-. The van der Waals surface area contributed by atoms with E-state index in [0.29, 0.717) is 0 Å². The molecule has 0 N–H and O–H groups in total. The van der Waals surface area contributed by atoms with Gasteiger partial charge in [0.05, 0.1) is 0 Å². The molecule has 0 bridgehead atoms. The smallest absolute Gasteiger partial charge is 0.0182 e. The Kier molecular flexibility index (Phi) is 3.27. The molecular formula is C13H14. The zero-order valence-electron chi connectivity index (χ0n) is 7.96. The highest BCUT2D eigenvalue weighted by atomic mass is 14.0. The Morgan fingerprint density at radius 2 is 1.85 bits per heavy atom. The largest absolute Gasteiger partial charge is 0.0985 e. The molecule has 0 heteroatoms. The van der Waals surface area contributed by atoms with Crippen LogP contribution in [0.3, 0.4) is 0 Å². The third-order valence-electron chi connectivity index (χ3n) is 1.91. The molecule has 0 saturated heterocycles. The maximum atomic E-state index is 3.77. The van der Waals surface area contributed by atoms with Gasteiger partial charge in [-0.05, 0) is 29.7 Å².